The van der Waals surface area contributed by atoms with Gasteiger partial charge in [0.25, 0.3) is 17.7 Å². The second-order valence-corrected chi connectivity index (χ2v) is 10.1. The lowest BCUT2D eigenvalue weighted by atomic mass is 9.43. The maximum atomic E-state index is 15.3. The molecule has 2 saturated heterocycles. The van der Waals surface area contributed by atoms with E-state index in [4.69, 9.17) is 33.0 Å². The largest absolute Gasteiger partial charge is 0.488 e. The van der Waals surface area contributed by atoms with E-state index in [1.807, 2.05) is 4.90 Å². The summed E-state index contributed by atoms with van der Waals surface area (Å²) in [5.41, 5.74) is -11.0. The number of aliphatic hydroxyl groups is 4. The number of carbonyl (C=O) groups is 3. The van der Waals surface area contributed by atoms with Crippen molar-refractivity contribution in [2.45, 2.75) is 35.5 Å². The third-order valence-corrected chi connectivity index (χ3v) is 7.58. The Labute approximate surface area is 237 Å². The number of fused-ring (bicyclic) bond motifs is 1. The molecule has 3 heterocycles. The van der Waals surface area contributed by atoms with Gasteiger partial charge in [0, 0.05) is 30.8 Å². The fourth-order valence-corrected chi connectivity index (χ4v) is 5.18. The van der Waals surface area contributed by atoms with E-state index in [9.17, 15) is 34.8 Å². The summed E-state index contributed by atoms with van der Waals surface area (Å²) in [5, 5.41) is 45.2. The molecule has 12 nitrogen and oxygen atoms in total. The van der Waals surface area contributed by atoms with Gasteiger partial charge in [0.1, 0.15) is 52.7 Å². The van der Waals surface area contributed by atoms with E-state index >= 15 is 4.39 Å². The first-order chi connectivity index (χ1) is 19.2. The summed E-state index contributed by atoms with van der Waals surface area (Å²) in [5.74, 6) is -9.03. The SMILES string of the molecule is [B]C1(O)C(=O)NC(=O)C([B])(N2C(=O)c3cccc(OCc4cccc(CN5CCOCC5)c4F)c3C2(O)O)C1([B])O. The molecule has 3 aliphatic rings. The van der Waals surface area contributed by atoms with Crippen molar-refractivity contribution in [2.75, 3.05) is 26.3 Å². The first-order valence-corrected chi connectivity index (χ1v) is 12.4. The van der Waals surface area contributed by atoms with Gasteiger partial charge in [0.15, 0.2) is 0 Å². The zero-order valence-corrected chi connectivity index (χ0v) is 21.5. The predicted octanol–water partition coefficient (Wildman–Crippen LogP) is -2.98. The molecule has 0 aromatic heterocycles. The molecule has 6 radical (unpaired) electrons. The van der Waals surface area contributed by atoms with Crippen LogP contribution >= 0.6 is 0 Å². The van der Waals surface area contributed by atoms with Crippen molar-refractivity contribution >= 4 is 41.3 Å². The number of rotatable bonds is 6. The molecule has 2 aromatic carbocycles. The zero-order chi connectivity index (χ0) is 30.0. The summed E-state index contributed by atoms with van der Waals surface area (Å²) in [7, 11) is 17.1. The van der Waals surface area contributed by atoms with Crippen LogP contribution in [0.15, 0.2) is 36.4 Å². The summed E-state index contributed by atoms with van der Waals surface area (Å²) in [6.07, 6.45) is 0. The summed E-state index contributed by atoms with van der Waals surface area (Å²) in [6.45, 7) is 2.29. The molecule has 3 aliphatic heterocycles. The molecule has 3 amide bonds. The molecule has 5 rings (SSSR count). The number of halogens is 1. The van der Waals surface area contributed by atoms with E-state index in [2.05, 4.69) is 0 Å². The van der Waals surface area contributed by atoms with E-state index in [-0.39, 0.29) is 16.2 Å². The number of imide groups is 1. The van der Waals surface area contributed by atoms with Crippen molar-refractivity contribution in [3.8, 4) is 5.75 Å². The number of ether oxygens (including phenoxy) is 2. The molecule has 2 aromatic rings. The molecular weight excluding hydrogens is 538 g/mol. The molecule has 0 spiro atoms. The van der Waals surface area contributed by atoms with Crippen LogP contribution in [0.2, 0.25) is 0 Å². The van der Waals surface area contributed by atoms with Crippen molar-refractivity contribution in [3.63, 3.8) is 0 Å². The zero-order valence-electron chi connectivity index (χ0n) is 21.5. The molecule has 0 saturated carbocycles. The molecule has 5 N–H and O–H groups in total. The Hall–Kier alpha value is -3.27. The first-order valence-electron chi connectivity index (χ1n) is 12.4. The van der Waals surface area contributed by atoms with Crippen LogP contribution in [0.1, 0.15) is 27.0 Å². The van der Waals surface area contributed by atoms with Crippen molar-refractivity contribution in [2.24, 2.45) is 0 Å². The molecule has 16 heteroatoms. The first kappa shape index (κ1) is 29.2. The second kappa shape index (κ2) is 9.93. The number of carbonyl (C=O) groups excluding carboxylic acids is 3. The lowest BCUT2D eigenvalue weighted by molar-refractivity contribution is -0.280. The van der Waals surface area contributed by atoms with Gasteiger partial charge in [-0.3, -0.25) is 29.5 Å². The summed E-state index contributed by atoms with van der Waals surface area (Å²) in [6, 6.07) is 8.42. The Kier molecular flexibility index (Phi) is 7.08. The Balaban J connectivity index is 1.46. The Morgan fingerprint density at radius 1 is 0.951 bits per heavy atom. The number of hydrogen-bond donors (Lipinski definition) is 5. The molecule has 0 bridgehead atoms. The third kappa shape index (κ3) is 4.28. The standard InChI is InChI=1S/C25H23B3FN3O9/c26-22(20(34)30-21(35)23(27,36)25(22,28)39)32-19(33)15-5-2-6-16(17(15)24(32,37)38)41-12-14-4-1-3-13(18(14)29)11-31-7-9-40-10-8-31/h1-6,36-39H,7-12H2,(H,30,34,35). The summed E-state index contributed by atoms with van der Waals surface area (Å²) < 4.78 is 26.4. The molecule has 41 heavy (non-hydrogen) atoms. The fraction of sp³-hybridized carbons (Fsp3) is 0.400. The predicted molar refractivity (Wildman–Crippen MR) is 139 cm³/mol. The Bertz CT molecular complexity index is 1430. The second-order valence-electron chi connectivity index (χ2n) is 10.1. The number of piperidine rings is 1. The quantitative estimate of drug-likeness (QED) is 0.140. The van der Waals surface area contributed by atoms with Crippen molar-refractivity contribution in [1.29, 1.82) is 0 Å². The van der Waals surface area contributed by atoms with Gasteiger partial charge < -0.3 is 29.9 Å². The van der Waals surface area contributed by atoms with Gasteiger partial charge >= 0.3 is 0 Å². The van der Waals surface area contributed by atoms with Crippen LogP contribution in [0.25, 0.3) is 0 Å². The van der Waals surface area contributed by atoms with Crippen molar-refractivity contribution in [3.05, 3.63) is 64.5 Å². The van der Waals surface area contributed by atoms with Crippen LogP contribution in [0, 0.1) is 5.82 Å². The Morgan fingerprint density at radius 2 is 1.59 bits per heavy atom. The minimum atomic E-state index is -3.63. The van der Waals surface area contributed by atoms with Gasteiger partial charge in [-0.2, -0.15) is 0 Å². The van der Waals surface area contributed by atoms with Gasteiger partial charge in [0.05, 0.1) is 29.8 Å². The highest BCUT2D eigenvalue weighted by atomic mass is 19.1. The molecule has 3 unspecified atom stereocenters. The fourth-order valence-electron chi connectivity index (χ4n) is 5.18. The number of nitrogens with zero attached hydrogens (tertiary/aromatic N) is 2. The highest BCUT2D eigenvalue weighted by Crippen LogP contribution is 2.48. The molecule has 3 atom stereocenters. The van der Waals surface area contributed by atoms with E-state index in [0.29, 0.717) is 38.4 Å². The average molecular weight is 561 g/mol. The number of morpholine rings is 1. The lowest BCUT2D eigenvalue weighted by Crippen LogP contribution is -2.87. The number of hydrogen-bond acceptors (Lipinski definition) is 10. The highest BCUT2D eigenvalue weighted by molar-refractivity contribution is 6.46. The summed E-state index contributed by atoms with van der Waals surface area (Å²) >= 11 is 0. The van der Waals surface area contributed by atoms with E-state index in [1.54, 1.807) is 17.4 Å². The lowest BCUT2D eigenvalue weighted by Gasteiger charge is -2.58. The summed E-state index contributed by atoms with van der Waals surface area (Å²) in [4.78, 5) is 40.2. The number of amides is 3. The topological polar surface area (TPSA) is 169 Å². The van der Waals surface area contributed by atoms with E-state index in [0.717, 1.165) is 6.07 Å². The third-order valence-electron chi connectivity index (χ3n) is 7.58. The highest BCUT2D eigenvalue weighted by Gasteiger charge is 2.71. The minimum absolute atomic E-state index is 0.124. The van der Waals surface area contributed by atoms with Crippen LogP contribution in [0.4, 0.5) is 4.39 Å². The molecular formula is C25H23B3FN3O9. The van der Waals surface area contributed by atoms with Gasteiger partial charge in [-0.05, 0) is 12.1 Å². The number of nitrogens with one attached hydrogen (secondary N) is 1. The van der Waals surface area contributed by atoms with Gasteiger partial charge in [-0.15, -0.1) is 0 Å². The van der Waals surface area contributed by atoms with Crippen molar-refractivity contribution in [1.82, 2.24) is 15.1 Å². The maximum Gasteiger partial charge on any atom is 0.282 e. The molecule has 208 valence electrons. The monoisotopic (exact) mass is 561 g/mol. The Morgan fingerprint density at radius 3 is 2.27 bits per heavy atom. The minimum Gasteiger partial charge on any atom is -0.488 e. The van der Waals surface area contributed by atoms with E-state index < -0.39 is 63.6 Å². The van der Waals surface area contributed by atoms with Crippen LogP contribution in [-0.2, 0) is 33.4 Å². The molecule has 0 aliphatic carbocycles. The van der Waals surface area contributed by atoms with Crippen LogP contribution in [0.3, 0.4) is 0 Å². The van der Waals surface area contributed by atoms with Gasteiger partial charge in [-0.25, -0.2) is 4.39 Å². The van der Waals surface area contributed by atoms with E-state index in [1.165, 1.54) is 18.2 Å². The molecule has 2 fully saturated rings. The van der Waals surface area contributed by atoms with Crippen LogP contribution in [0.5, 0.6) is 5.75 Å². The normalized spacial score (nSPS) is 29.8. The van der Waals surface area contributed by atoms with Crippen LogP contribution in [-0.4, -0.2) is 114 Å². The number of benzene rings is 2. The van der Waals surface area contributed by atoms with Gasteiger partial charge in [-0.1, -0.05) is 24.3 Å². The smallest absolute Gasteiger partial charge is 0.282 e. The average Bonchev–Trinajstić information content (AvgIpc) is 3.13. The maximum absolute atomic E-state index is 15.3. The van der Waals surface area contributed by atoms with Gasteiger partial charge in [0.2, 0.25) is 5.91 Å². The van der Waals surface area contributed by atoms with Crippen molar-refractivity contribution < 1.29 is 48.7 Å². The van der Waals surface area contributed by atoms with Crippen LogP contribution < -0.4 is 10.1 Å².